The molecule has 50 valence electrons. The van der Waals surface area contributed by atoms with Crippen LogP contribution in [0.2, 0.25) is 0 Å². The van der Waals surface area contributed by atoms with E-state index in [9.17, 15) is 4.39 Å². The van der Waals surface area contributed by atoms with Crippen molar-refractivity contribution in [1.29, 1.82) is 5.26 Å². The summed E-state index contributed by atoms with van der Waals surface area (Å²) in [6, 6.07) is 1.96. The van der Waals surface area contributed by atoms with Crippen LogP contribution in [0.15, 0.2) is 0 Å². The van der Waals surface area contributed by atoms with Gasteiger partial charge in [-0.1, -0.05) is 0 Å². The van der Waals surface area contributed by atoms with Crippen molar-refractivity contribution in [3.63, 3.8) is 0 Å². The number of nitriles is 1. The van der Waals surface area contributed by atoms with Gasteiger partial charge >= 0.3 is 0 Å². The molecule has 0 saturated carbocycles. The quantitative estimate of drug-likeness (QED) is 0.556. The van der Waals surface area contributed by atoms with Crippen molar-refractivity contribution in [3.8, 4) is 6.07 Å². The lowest BCUT2D eigenvalue weighted by Crippen LogP contribution is -2.11. The summed E-state index contributed by atoms with van der Waals surface area (Å²) in [6.07, 6.45) is -0.460. The van der Waals surface area contributed by atoms with Crippen molar-refractivity contribution >= 4 is 0 Å². The zero-order valence-electron chi connectivity index (χ0n) is 5.10. The second kappa shape index (κ2) is 2.79. The van der Waals surface area contributed by atoms with E-state index >= 15 is 0 Å². The van der Waals surface area contributed by atoms with Gasteiger partial charge in [-0.15, -0.1) is 0 Å². The van der Waals surface area contributed by atoms with Gasteiger partial charge < -0.3 is 5.32 Å². The monoisotopic (exact) mass is 128 g/mol. The average molecular weight is 128 g/mol. The standard InChI is InChI=1S/C6H9FN2/c7-6-4-9-3-5(6)1-2-8/h5-6,9H,1,3-4H2/t5-,6-/m1/s1. The summed E-state index contributed by atoms with van der Waals surface area (Å²) < 4.78 is 12.6. The van der Waals surface area contributed by atoms with Gasteiger partial charge in [-0.05, 0) is 0 Å². The Morgan fingerprint density at radius 3 is 2.89 bits per heavy atom. The SMILES string of the molecule is N#CC[C@@H]1CNC[C@H]1F. The molecule has 0 unspecified atom stereocenters. The molecule has 0 radical (unpaired) electrons. The Morgan fingerprint density at radius 2 is 2.44 bits per heavy atom. The predicted octanol–water partition coefficient (Wildman–Crippen LogP) is 0.458. The van der Waals surface area contributed by atoms with Crippen molar-refractivity contribution in [2.75, 3.05) is 13.1 Å². The number of hydrogen-bond donors (Lipinski definition) is 1. The summed E-state index contributed by atoms with van der Waals surface area (Å²) in [4.78, 5) is 0. The van der Waals surface area contributed by atoms with Gasteiger partial charge in [0.1, 0.15) is 6.17 Å². The van der Waals surface area contributed by atoms with E-state index in [0.717, 1.165) is 0 Å². The molecule has 2 atom stereocenters. The summed E-state index contributed by atoms with van der Waals surface area (Å²) >= 11 is 0. The van der Waals surface area contributed by atoms with E-state index in [-0.39, 0.29) is 5.92 Å². The number of hydrogen-bond acceptors (Lipinski definition) is 2. The van der Waals surface area contributed by atoms with Gasteiger partial charge in [-0.25, -0.2) is 4.39 Å². The molecule has 1 rings (SSSR count). The third-order valence-corrected chi connectivity index (χ3v) is 1.61. The first-order valence-corrected chi connectivity index (χ1v) is 3.06. The summed E-state index contributed by atoms with van der Waals surface area (Å²) in [5.41, 5.74) is 0. The molecule has 1 aliphatic rings. The number of nitrogens with one attached hydrogen (secondary N) is 1. The normalized spacial score (nSPS) is 34.2. The fourth-order valence-corrected chi connectivity index (χ4v) is 1.02. The Bertz CT molecular complexity index is 130. The van der Waals surface area contributed by atoms with Crippen molar-refractivity contribution < 1.29 is 4.39 Å². The summed E-state index contributed by atoms with van der Waals surface area (Å²) in [5.74, 6) is -0.0602. The molecule has 9 heavy (non-hydrogen) atoms. The molecular weight excluding hydrogens is 119 g/mol. The van der Waals surface area contributed by atoms with Crippen LogP contribution in [0.3, 0.4) is 0 Å². The van der Waals surface area contributed by atoms with Gasteiger partial charge in [0.2, 0.25) is 0 Å². The van der Waals surface area contributed by atoms with Crippen molar-refractivity contribution in [1.82, 2.24) is 5.32 Å². The van der Waals surface area contributed by atoms with Gasteiger partial charge in [0.15, 0.2) is 0 Å². The summed E-state index contributed by atoms with van der Waals surface area (Å²) in [6.45, 7) is 1.08. The molecule has 0 aliphatic carbocycles. The van der Waals surface area contributed by atoms with Crippen LogP contribution < -0.4 is 5.32 Å². The van der Waals surface area contributed by atoms with Crippen molar-refractivity contribution in [2.24, 2.45) is 5.92 Å². The Hall–Kier alpha value is -0.620. The first-order chi connectivity index (χ1) is 4.34. The first kappa shape index (κ1) is 6.50. The van der Waals surface area contributed by atoms with Crippen LogP contribution in [-0.4, -0.2) is 19.3 Å². The third kappa shape index (κ3) is 1.39. The molecule has 0 spiro atoms. The smallest absolute Gasteiger partial charge is 0.117 e. The molecule has 1 N–H and O–H groups in total. The molecule has 1 saturated heterocycles. The number of halogens is 1. The molecule has 1 fully saturated rings. The maximum atomic E-state index is 12.6. The van der Waals surface area contributed by atoms with E-state index < -0.39 is 6.17 Å². The second-order valence-corrected chi connectivity index (χ2v) is 2.30. The minimum absolute atomic E-state index is 0.0602. The van der Waals surface area contributed by atoms with E-state index in [0.29, 0.717) is 19.5 Å². The van der Waals surface area contributed by atoms with E-state index in [2.05, 4.69) is 5.32 Å². The molecule has 0 aromatic rings. The highest BCUT2D eigenvalue weighted by atomic mass is 19.1. The fourth-order valence-electron chi connectivity index (χ4n) is 1.02. The Balaban J connectivity index is 2.33. The number of alkyl halides is 1. The van der Waals surface area contributed by atoms with Gasteiger partial charge in [-0.3, -0.25) is 0 Å². The second-order valence-electron chi connectivity index (χ2n) is 2.30. The number of rotatable bonds is 1. The molecular formula is C6H9FN2. The minimum Gasteiger partial charge on any atom is -0.313 e. The van der Waals surface area contributed by atoms with Crippen LogP contribution in [0.5, 0.6) is 0 Å². The zero-order valence-corrected chi connectivity index (χ0v) is 5.10. The van der Waals surface area contributed by atoms with Gasteiger partial charge in [0, 0.05) is 25.4 Å². The van der Waals surface area contributed by atoms with Crippen LogP contribution in [0.1, 0.15) is 6.42 Å². The summed E-state index contributed by atoms with van der Waals surface area (Å²) in [7, 11) is 0. The largest absolute Gasteiger partial charge is 0.313 e. The average Bonchev–Trinajstić information content (AvgIpc) is 2.18. The highest BCUT2D eigenvalue weighted by molar-refractivity contribution is 4.87. The third-order valence-electron chi connectivity index (χ3n) is 1.61. The van der Waals surface area contributed by atoms with E-state index in [1.54, 1.807) is 0 Å². The zero-order chi connectivity index (χ0) is 6.69. The van der Waals surface area contributed by atoms with Gasteiger partial charge in [0.25, 0.3) is 0 Å². The highest BCUT2D eigenvalue weighted by Gasteiger charge is 2.25. The summed E-state index contributed by atoms with van der Waals surface area (Å²) in [5, 5.41) is 11.1. The van der Waals surface area contributed by atoms with E-state index in [1.807, 2.05) is 6.07 Å². The Morgan fingerprint density at radius 1 is 1.67 bits per heavy atom. The lowest BCUT2D eigenvalue weighted by atomic mass is 10.1. The molecule has 1 aliphatic heterocycles. The first-order valence-electron chi connectivity index (χ1n) is 3.06. The van der Waals surface area contributed by atoms with E-state index in [4.69, 9.17) is 5.26 Å². The van der Waals surface area contributed by atoms with Gasteiger partial charge in [-0.2, -0.15) is 5.26 Å². The lowest BCUT2D eigenvalue weighted by Gasteiger charge is -2.03. The molecule has 2 nitrogen and oxygen atoms in total. The maximum absolute atomic E-state index is 12.6. The minimum atomic E-state index is -0.801. The van der Waals surface area contributed by atoms with E-state index in [1.165, 1.54) is 0 Å². The van der Waals surface area contributed by atoms with Crippen LogP contribution in [0.4, 0.5) is 4.39 Å². The van der Waals surface area contributed by atoms with Gasteiger partial charge in [0.05, 0.1) is 6.07 Å². The maximum Gasteiger partial charge on any atom is 0.117 e. The Kier molecular flexibility index (Phi) is 2.01. The van der Waals surface area contributed by atoms with Crippen LogP contribution >= 0.6 is 0 Å². The highest BCUT2D eigenvalue weighted by Crippen LogP contribution is 2.15. The van der Waals surface area contributed by atoms with Crippen molar-refractivity contribution in [2.45, 2.75) is 12.6 Å². The van der Waals surface area contributed by atoms with Crippen LogP contribution in [-0.2, 0) is 0 Å². The molecule has 3 heteroatoms. The molecule has 0 aromatic heterocycles. The Labute approximate surface area is 53.7 Å². The molecule has 1 heterocycles. The molecule has 0 bridgehead atoms. The molecule has 0 amide bonds. The van der Waals surface area contributed by atoms with Crippen LogP contribution in [0, 0.1) is 17.2 Å². The fraction of sp³-hybridized carbons (Fsp3) is 0.833. The lowest BCUT2D eigenvalue weighted by molar-refractivity contribution is 0.286. The van der Waals surface area contributed by atoms with Crippen LogP contribution in [0.25, 0.3) is 0 Å². The topological polar surface area (TPSA) is 35.8 Å². The number of nitrogens with zero attached hydrogens (tertiary/aromatic N) is 1. The van der Waals surface area contributed by atoms with Crippen molar-refractivity contribution in [3.05, 3.63) is 0 Å². The molecule has 0 aromatic carbocycles. The predicted molar refractivity (Wildman–Crippen MR) is 31.5 cm³/mol.